The number of amides is 1. The number of nitrogens with zero attached hydrogens (tertiary/aromatic N) is 1. The number of anilines is 1. The highest BCUT2D eigenvalue weighted by Gasteiger charge is 2.58. The summed E-state index contributed by atoms with van der Waals surface area (Å²) in [6, 6.07) is 13.6. The first-order chi connectivity index (χ1) is 14.8. The molecule has 6 nitrogen and oxygen atoms in total. The zero-order chi connectivity index (χ0) is 22.2. The van der Waals surface area contributed by atoms with E-state index < -0.39 is 11.6 Å². The van der Waals surface area contributed by atoms with Gasteiger partial charge in [-0.15, -0.1) is 0 Å². The number of hydrogen-bond donors (Lipinski definition) is 2. The summed E-state index contributed by atoms with van der Waals surface area (Å²) in [5.41, 5.74) is 3.02. The van der Waals surface area contributed by atoms with Crippen LogP contribution in [0.2, 0.25) is 0 Å². The number of nitrogens with one attached hydrogen (secondary N) is 2. The van der Waals surface area contributed by atoms with Crippen LogP contribution in [0.3, 0.4) is 0 Å². The van der Waals surface area contributed by atoms with Gasteiger partial charge in [0.25, 0.3) is 0 Å². The Morgan fingerprint density at radius 2 is 2.06 bits per heavy atom. The Hall–Kier alpha value is -2.64. The molecular weight excluding hydrogens is 410 g/mol. The molecule has 2 aromatic rings. The lowest BCUT2D eigenvalue weighted by molar-refractivity contribution is -0.149. The Balaban J connectivity index is 1.72. The normalized spacial score (nSPS) is 24.1. The molecule has 0 spiro atoms. The predicted octanol–water partition coefficient (Wildman–Crippen LogP) is 3.93. The van der Waals surface area contributed by atoms with Gasteiger partial charge in [0.05, 0.1) is 6.04 Å². The largest absolute Gasteiger partial charge is 0.467 e. The maximum absolute atomic E-state index is 13.7. The van der Waals surface area contributed by atoms with Gasteiger partial charge >= 0.3 is 0 Å². The number of carbonyl (C=O) groups is 1. The van der Waals surface area contributed by atoms with Gasteiger partial charge in [-0.3, -0.25) is 4.79 Å². The first kappa shape index (κ1) is 21.6. The van der Waals surface area contributed by atoms with Crippen LogP contribution in [-0.4, -0.2) is 41.9 Å². The maximum atomic E-state index is 13.7. The summed E-state index contributed by atoms with van der Waals surface area (Å²) >= 11 is 5.70. The van der Waals surface area contributed by atoms with Crippen molar-refractivity contribution in [3.05, 3.63) is 59.2 Å². The fourth-order valence-corrected chi connectivity index (χ4v) is 5.05. The van der Waals surface area contributed by atoms with Gasteiger partial charge in [0.2, 0.25) is 5.91 Å². The van der Waals surface area contributed by atoms with E-state index in [2.05, 4.69) is 16.7 Å². The molecule has 0 unspecified atom stereocenters. The molecule has 2 bridgehead atoms. The van der Waals surface area contributed by atoms with Crippen LogP contribution in [0.1, 0.15) is 36.1 Å². The third-order valence-corrected chi connectivity index (χ3v) is 6.53. The molecule has 0 aromatic heterocycles. The number of para-hydroxylation sites is 1. The van der Waals surface area contributed by atoms with Crippen LogP contribution in [0.5, 0.6) is 5.75 Å². The van der Waals surface area contributed by atoms with E-state index in [0.717, 1.165) is 34.5 Å². The van der Waals surface area contributed by atoms with Gasteiger partial charge < -0.3 is 25.0 Å². The van der Waals surface area contributed by atoms with Crippen LogP contribution < -0.4 is 15.4 Å². The van der Waals surface area contributed by atoms with Crippen LogP contribution in [0, 0.1) is 19.8 Å². The zero-order valence-corrected chi connectivity index (χ0v) is 19.2. The van der Waals surface area contributed by atoms with E-state index in [1.165, 1.54) is 0 Å². The molecule has 1 fully saturated rings. The highest BCUT2D eigenvalue weighted by Crippen LogP contribution is 2.48. The predicted molar refractivity (Wildman–Crippen MR) is 125 cm³/mol. The first-order valence-corrected chi connectivity index (χ1v) is 11.0. The van der Waals surface area contributed by atoms with Crippen LogP contribution >= 0.6 is 12.2 Å². The average Bonchev–Trinajstić information content (AvgIpc) is 2.72. The van der Waals surface area contributed by atoms with Crippen molar-refractivity contribution in [1.82, 2.24) is 10.2 Å². The quantitative estimate of drug-likeness (QED) is 0.525. The molecule has 1 amide bonds. The molecule has 7 heteroatoms. The summed E-state index contributed by atoms with van der Waals surface area (Å²) in [6.07, 6.45) is 0.773. The maximum Gasteiger partial charge on any atom is 0.236 e. The smallest absolute Gasteiger partial charge is 0.236 e. The number of aryl methyl sites for hydroxylation is 2. The van der Waals surface area contributed by atoms with Crippen molar-refractivity contribution < 1.29 is 14.3 Å². The molecule has 31 heavy (non-hydrogen) atoms. The summed E-state index contributed by atoms with van der Waals surface area (Å²) in [5, 5.41) is 7.15. The van der Waals surface area contributed by atoms with E-state index >= 15 is 0 Å². The molecule has 164 valence electrons. The second kappa shape index (κ2) is 8.48. The Labute approximate surface area is 188 Å². The van der Waals surface area contributed by atoms with Gasteiger partial charge in [-0.1, -0.05) is 35.9 Å². The van der Waals surface area contributed by atoms with Crippen LogP contribution in [0.15, 0.2) is 42.5 Å². The number of fused-ring (bicyclic) bond motifs is 4. The van der Waals surface area contributed by atoms with E-state index in [-0.39, 0.29) is 11.9 Å². The van der Waals surface area contributed by atoms with Gasteiger partial charge in [0.15, 0.2) is 10.8 Å². The summed E-state index contributed by atoms with van der Waals surface area (Å²) < 4.78 is 11.7. The summed E-state index contributed by atoms with van der Waals surface area (Å²) in [7, 11) is 1.68. The molecule has 4 rings (SSSR count). The lowest BCUT2D eigenvalue weighted by Gasteiger charge is -2.56. The van der Waals surface area contributed by atoms with Crippen LogP contribution in [0.4, 0.5) is 5.69 Å². The molecular formula is C24H29N3O3S. The Bertz CT molecular complexity index is 1010. The molecule has 2 aliphatic rings. The average molecular weight is 440 g/mol. The molecule has 2 aromatic carbocycles. The van der Waals surface area contributed by atoms with Gasteiger partial charge in [-0.05, 0) is 57.1 Å². The number of ether oxygens (including phenoxy) is 2. The summed E-state index contributed by atoms with van der Waals surface area (Å²) in [5.74, 6) is 0.176. The van der Waals surface area contributed by atoms with Crippen molar-refractivity contribution in [3.63, 3.8) is 0 Å². The minimum atomic E-state index is -0.919. The lowest BCUT2D eigenvalue weighted by atomic mass is 9.78. The molecule has 3 atom stereocenters. The third-order valence-electron chi connectivity index (χ3n) is 6.19. The van der Waals surface area contributed by atoms with E-state index in [9.17, 15) is 4.79 Å². The van der Waals surface area contributed by atoms with Crippen molar-refractivity contribution in [3.8, 4) is 5.75 Å². The second-order valence-corrected chi connectivity index (χ2v) is 8.79. The SMILES string of the molecule is COCCCN1C(=S)N[C@H]2c3ccccc3O[C@@]1(C)[C@@H]2C(=O)Nc1ccc(C)cc1C. The number of benzene rings is 2. The Morgan fingerprint density at radius 3 is 2.81 bits per heavy atom. The van der Waals surface area contributed by atoms with E-state index in [0.29, 0.717) is 18.3 Å². The van der Waals surface area contributed by atoms with Gasteiger partial charge in [0, 0.05) is 31.5 Å². The molecule has 0 radical (unpaired) electrons. The van der Waals surface area contributed by atoms with Gasteiger partial charge in [-0.2, -0.15) is 0 Å². The fourth-order valence-electron chi connectivity index (χ4n) is 4.65. The van der Waals surface area contributed by atoms with Crippen molar-refractivity contribution in [2.45, 2.75) is 39.0 Å². The molecule has 2 heterocycles. The molecule has 1 saturated heterocycles. The van der Waals surface area contributed by atoms with Crippen LogP contribution in [0.25, 0.3) is 0 Å². The van der Waals surface area contributed by atoms with Crippen molar-refractivity contribution in [1.29, 1.82) is 0 Å². The summed E-state index contributed by atoms with van der Waals surface area (Å²) in [6.45, 7) is 7.23. The fraction of sp³-hybridized carbons (Fsp3) is 0.417. The number of thiocarbonyl (C=S) groups is 1. The van der Waals surface area contributed by atoms with E-state index in [4.69, 9.17) is 21.7 Å². The summed E-state index contributed by atoms with van der Waals surface area (Å²) in [4.78, 5) is 15.7. The standard InChI is InChI=1S/C24H29N3O3S/c1-15-10-11-18(16(2)14-15)25-22(28)20-21-17-8-5-6-9-19(17)30-24(20,3)27(23(31)26-21)12-7-13-29-4/h5-6,8-11,14,20-21H,7,12-13H2,1-4H3,(H,25,28)(H,26,31)/t20-,21-,24-/m0/s1. The number of methoxy groups -OCH3 is 1. The number of carbonyl (C=O) groups excluding carboxylic acids is 1. The first-order valence-electron chi connectivity index (χ1n) is 10.6. The Morgan fingerprint density at radius 1 is 1.29 bits per heavy atom. The van der Waals surface area contributed by atoms with Gasteiger partial charge in [-0.25, -0.2) is 0 Å². The zero-order valence-electron chi connectivity index (χ0n) is 18.4. The van der Waals surface area contributed by atoms with E-state index in [1.807, 2.05) is 62.1 Å². The number of hydrogen-bond acceptors (Lipinski definition) is 4. The molecule has 0 aliphatic carbocycles. The van der Waals surface area contributed by atoms with Gasteiger partial charge in [0.1, 0.15) is 11.7 Å². The highest BCUT2D eigenvalue weighted by atomic mass is 32.1. The van der Waals surface area contributed by atoms with Crippen LogP contribution in [-0.2, 0) is 9.53 Å². The molecule has 0 saturated carbocycles. The number of rotatable bonds is 6. The van der Waals surface area contributed by atoms with E-state index in [1.54, 1.807) is 7.11 Å². The monoisotopic (exact) mass is 439 g/mol. The minimum absolute atomic E-state index is 0.0966. The lowest BCUT2D eigenvalue weighted by Crippen LogP contribution is -2.71. The van der Waals surface area contributed by atoms with Crippen molar-refractivity contribution in [2.24, 2.45) is 5.92 Å². The topological polar surface area (TPSA) is 62.8 Å². The highest BCUT2D eigenvalue weighted by molar-refractivity contribution is 7.80. The second-order valence-electron chi connectivity index (χ2n) is 8.40. The van der Waals surface area contributed by atoms with Crippen molar-refractivity contribution in [2.75, 3.05) is 25.6 Å². The Kier molecular flexibility index (Phi) is 5.90. The van der Waals surface area contributed by atoms with Crippen molar-refractivity contribution >= 4 is 28.9 Å². The molecule has 2 aliphatic heterocycles. The third kappa shape index (κ3) is 3.88. The molecule has 2 N–H and O–H groups in total. The minimum Gasteiger partial charge on any atom is -0.467 e.